The minimum Gasteiger partial charge on any atom is -0.436 e. The molecule has 0 fully saturated rings. The van der Waals surface area contributed by atoms with Crippen molar-refractivity contribution < 1.29 is 9.21 Å². The number of aromatic nitrogens is 3. The maximum absolute atomic E-state index is 12.6. The molecule has 2 N–H and O–H groups in total. The van der Waals surface area contributed by atoms with Crippen LogP contribution in [0.25, 0.3) is 44.7 Å². The normalized spacial score (nSPS) is 11.0. The summed E-state index contributed by atoms with van der Waals surface area (Å²) in [4.78, 5) is 17.2. The fraction of sp³-hybridized carbons (Fsp3) is 0. The second kappa shape index (κ2) is 9.29. The number of hydrogen-bond donors (Lipinski definition) is 2. The maximum Gasteiger partial charge on any atom is 0.257 e. The van der Waals surface area contributed by atoms with Crippen molar-refractivity contribution >= 4 is 62.8 Å². The fourth-order valence-electron chi connectivity index (χ4n) is 3.83. The van der Waals surface area contributed by atoms with Crippen LogP contribution in [0.2, 0.25) is 0 Å². The highest BCUT2D eigenvalue weighted by Gasteiger charge is 2.12. The lowest BCUT2D eigenvalue weighted by Crippen LogP contribution is -2.34. The first kappa shape index (κ1) is 22.0. The molecule has 1 amide bonds. The van der Waals surface area contributed by atoms with E-state index in [-0.39, 0.29) is 11.0 Å². The lowest BCUT2D eigenvalue weighted by molar-refractivity contribution is 0.0978. The first-order valence-corrected chi connectivity index (χ1v) is 12.2. The minimum atomic E-state index is -0.328. The lowest BCUT2D eigenvalue weighted by atomic mass is 10.0. The van der Waals surface area contributed by atoms with Gasteiger partial charge in [0.2, 0.25) is 5.89 Å². The topological polar surface area (TPSA) is 92.9 Å². The number of nitrogens with one attached hydrogen (secondary N) is 2. The van der Waals surface area contributed by atoms with E-state index in [9.17, 15) is 4.79 Å². The highest BCUT2D eigenvalue weighted by atomic mass is 32.1. The summed E-state index contributed by atoms with van der Waals surface area (Å²) in [6.07, 6.45) is 0. The summed E-state index contributed by atoms with van der Waals surface area (Å²) in [5.41, 5.74) is 7.07. The largest absolute Gasteiger partial charge is 0.436 e. The molecule has 2 heterocycles. The smallest absolute Gasteiger partial charge is 0.257 e. The third-order valence-electron chi connectivity index (χ3n) is 5.63. The SMILES string of the molecule is O=C(NC(=S)Nc1ccc2oc(-c3ccc(-c4ccccc4)cc3)nc2c1)c1ccc2nsnc2c1. The van der Waals surface area contributed by atoms with E-state index in [0.717, 1.165) is 33.9 Å². The number of anilines is 1. The number of benzene rings is 4. The van der Waals surface area contributed by atoms with E-state index in [1.165, 1.54) is 0 Å². The molecule has 0 radical (unpaired) electrons. The Morgan fingerprint density at radius 3 is 2.36 bits per heavy atom. The van der Waals surface area contributed by atoms with Crippen molar-refractivity contribution in [3.8, 4) is 22.6 Å². The number of hydrogen-bond acceptors (Lipinski definition) is 7. The van der Waals surface area contributed by atoms with E-state index in [1.54, 1.807) is 18.2 Å². The fourth-order valence-corrected chi connectivity index (χ4v) is 4.55. The molecule has 7 nitrogen and oxygen atoms in total. The second-order valence-corrected chi connectivity index (χ2v) is 8.96. The summed E-state index contributed by atoms with van der Waals surface area (Å²) in [5.74, 6) is 0.204. The van der Waals surface area contributed by atoms with Gasteiger partial charge in [-0.2, -0.15) is 8.75 Å². The van der Waals surface area contributed by atoms with Crippen molar-refractivity contribution in [3.05, 3.63) is 96.6 Å². The maximum atomic E-state index is 12.6. The van der Waals surface area contributed by atoms with E-state index in [2.05, 4.69) is 48.6 Å². The van der Waals surface area contributed by atoms with E-state index in [0.29, 0.717) is 33.8 Å². The van der Waals surface area contributed by atoms with Crippen LogP contribution < -0.4 is 10.6 Å². The number of fused-ring (bicyclic) bond motifs is 2. The first-order chi connectivity index (χ1) is 17.6. The van der Waals surface area contributed by atoms with Gasteiger partial charge in [-0.3, -0.25) is 10.1 Å². The van der Waals surface area contributed by atoms with Crippen LogP contribution in [0.3, 0.4) is 0 Å². The Balaban J connectivity index is 1.16. The van der Waals surface area contributed by atoms with Crippen molar-refractivity contribution in [1.29, 1.82) is 0 Å². The monoisotopic (exact) mass is 507 g/mol. The Morgan fingerprint density at radius 1 is 0.778 bits per heavy atom. The second-order valence-electron chi connectivity index (χ2n) is 8.02. The van der Waals surface area contributed by atoms with Crippen LogP contribution in [0.1, 0.15) is 10.4 Å². The Morgan fingerprint density at radius 2 is 1.53 bits per heavy atom. The molecule has 0 saturated carbocycles. The van der Waals surface area contributed by atoms with Crippen LogP contribution in [-0.4, -0.2) is 24.8 Å². The quantitative estimate of drug-likeness (QED) is 0.271. The molecule has 2 aromatic heterocycles. The van der Waals surface area contributed by atoms with Crippen LogP contribution in [0, 0.1) is 0 Å². The van der Waals surface area contributed by atoms with Gasteiger partial charge in [-0.15, -0.1) is 0 Å². The van der Waals surface area contributed by atoms with Crippen LogP contribution in [-0.2, 0) is 0 Å². The Hall–Kier alpha value is -4.47. The summed E-state index contributed by atoms with van der Waals surface area (Å²) in [6.45, 7) is 0. The van der Waals surface area contributed by atoms with E-state index >= 15 is 0 Å². The predicted octanol–water partition coefficient (Wildman–Crippen LogP) is 6.29. The Kier molecular flexibility index (Phi) is 5.68. The van der Waals surface area contributed by atoms with Gasteiger partial charge in [-0.05, 0) is 71.9 Å². The predicted molar refractivity (Wildman–Crippen MR) is 146 cm³/mol. The highest BCUT2D eigenvalue weighted by Crippen LogP contribution is 2.28. The van der Waals surface area contributed by atoms with Gasteiger partial charge >= 0.3 is 0 Å². The molecule has 9 heteroatoms. The minimum absolute atomic E-state index is 0.177. The zero-order valence-electron chi connectivity index (χ0n) is 18.6. The molecule has 6 rings (SSSR count). The van der Waals surface area contributed by atoms with Gasteiger partial charge in [-0.1, -0.05) is 42.5 Å². The van der Waals surface area contributed by atoms with E-state index in [4.69, 9.17) is 16.6 Å². The highest BCUT2D eigenvalue weighted by molar-refractivity contribution is 7.80. The number of thiocarbonyl (C=S) groups is 1. The number of rotatable bonds is 4. The van der Waals surface area contributed by atoms with Gasteiger partial charge < -0.3 is 9.73 Å². The van der Waals surface area contributed by atoms with Crippen LogP contribution in [0.4, 0.5) is 5.69 Å². The van der Waals surface area contributed by atoms with Gasteiger partial charge in [0.1, 0.15) is 16.6 Å². The van der Waals surface area contributed by atoms with Crippen molar-refractivity contribution in [1.82, 2.24) is 19.0 Å². The van der Waals surface area contributed by atoms with Crippen LogP contribution in [0.15, 0.2) is 95.4 Å². The average molecular weight is 508 g/mol. The first-order valence-electron chi connectivity index (χ1n) is 11.0. The zero-order valence-corrected chi connectivity index (χ0v) is 20.3. The van der Waals surface area contributed by atoms with Gasteiger partial charge in [0.05, 0.1) is 11.7 Å². The third-order valence-corrected chi connectivity index (χ3v) is 6.39. The Labute approximate surface area is 215 Å². The van der Waals surface area contributed by atoms with Crippen LogP contribution in [0.5, 0.6) is 0 Å². The lowest BCUT2D eigenvalue weighted by Gasteiger charge is -2.09. The molecule has 0 bridgehead atoms. The molecule has 0 aliphatic rings. The number of nitrogens with zero attached hydrogens (tertiary/aromatic N) is 3. The van der Waals surface area contributed by atoms with Crippen LogP contribution >= 0.6 is 23.9 Å². The number of carbonyl (C=O) groups is 1. The van der Waals surface area contributed by atoms with Gasteiger partial charge in [0.15, 0.2) is 10.7 Å². The Bertz CT molecular complexity index is 1730. The molecule has 0 spiro atoms. The average Bonchev–Trinajstić information content (AvgIpc) is 3.55. The van der Waals surface area contributed by atoms with Crippen molar-refractivity contribution in [2.45, 2.75) is 0 Å². The molecular formula is C27H17N5O2S2. The molecule has 0 aliphatic heterocycles. The molecule has 0 saturated heterocycles. The summed E-state index contributed by atoms with van der Waals surface area (Å²) < 4.78 is 14.3. The molecular weight excluding hydrogens is 490 g/mol. The van der Waals surface area contributed by atoms with Crippen molar-refractivity contribution in [2.75, 3.05) is 5.32 Å². The summed E-state index contributed by atoms with van der Waals surface area (Å²) >= 11 is 6.44. The number of amides is 1. The zero-order chi connectivity index (χ0) is 24.5. The van der Waals surface area contributed by atoms with Gasteiger partial charge in [-0.25, -0.2) is 4.98 Å². The number of carbonyl (C=O) groups excluding carboxylic acids is 1. The number of oxazole rings is 1. The molecule has 4 aromatic carbocycles. The molecule has 174 valence electrons. The van der Waals surface area contributed by atoms with E-state index in [1.807, 2.05) is 48.5 Å². The van der Waals surface area contributed by atoms with Crippen molar-refractivity contribution in [3.63, 3.8) is 0 Å². The molecule has 0 unspecified atom stereocenters. The molecule has 0 atom stereocenters. The third kappa shape index (κ3) is 4.45. The summed E-state index contributed by atoms with van der Waals surface area (Å²) in [7, 11) is 0. The standard InChI is InChI=1S/C27H17N5O2S2/c33-25(19-10-12-21-22(14-19)32-36-31-21)30-27(35)28-20-11-13-24-23(15-20)29-26(34-24)18-8-6-17(7-9-18)16-4-2-1-3-5-16/h1-15H,(H2,28,30,33,35). The molecule has 6 aromatic rings. The molecule has 0 aliphatic carbocycles. The van der Waals surface area contributed by atoms with Gasteiger partial charge in [0.25, 0.3) is 5.91 Å². The van der Waals surface area contributed by atoms with Crippen molar-refractivity contribution in [2.24, 2.45) is 0 Å². The van der Waals surface area contributed by atoms with E-state index < -0.39 is 0 Å². The summed E-state index contributed by atoms with van der Waals surface area (Å²) in [6, 6.07) is 28.9. The summed E-state index contributed by atoms with van der Waals surface area (Å²) in [5, 5.41) is 5.90. The van der Waals surface area contributed by atoms with Gasteiger partial charge in [0, 0.05) is 16.8 Å². The molecule has 36 heavy (non-hydrogen) atoms.